The number of nitrogens with zero attached hydrogens (tertiary/aromatic N) is 2. The van der Waals surface area contributed by atoms with Gasteiger partial charge >= 0.3 is 5.69 Å². The Hall–Kier alpha value is -1.88. The number of nitrogen functional groups attached to an aromatic ring is 1. The topological polar surface area (TPSA) is 82.0 Å². The van der Waals surface area contributed by atoms with Crippen molar-refractivity contribution in [3.05, 3.63) is 39.5 Å². The van der Waals surface area contributed by atoms with E-state index in [2.05, 4.69) is 4.98 Å². The molecule has 0 saturated heterocycles. The maximum Gasteiger partial charge on any atom is 0.318 e. The summed E-state index contributed by atoms with van der Waals surface area (Å²) in [6, 6.07) is 4.82. The summed E-state index contributed by atoms with van der Waals surface area (Å²) < 4.78 is 0. The molecule has 0 saturated carbocycles. The Bertz CT molecular complexity index is 551. The third-order valence-electron chi connectivity index (χ3n) is 2.04. The van der Waals surface area contributed by atoms with E-state index >= 15 is 0 Å². The minimum absolute atomic E-state index is 0.102. The molecule has 0 spiro atoms. The normalized spacial score (nSPS) is 10.5. The molecule has 0 amide bonds. The van der Waals surface area contributed by atoms with Gasteiger partial charge in [0.2, 0.25) is 5.82 Å². The maximum atomic E-state index is 10.8. The second-order valence-electron chi connectivity index (χ2n) is 2.98. The van der Waals surface area contributed by atoms with E-state index in [9.17, 15) is 10.1 Å². The van der Waals surface area contributed by atoms with Gasteiger partial charge in [-0.05, 0) is 12.1 Å². The summed E-state index contributed by atoms with van der Waals surface area (Å²) in [7, 11) is 0. The van der Waals surface area contributed by atoms with Crippen LogP contribution in [0.3, 0.4) is 0 Å². The highest BCUT2D eigenvalue weighted by atomic mass is 35.5. The third kappa shape index (κ3) is 1.57. The predicted octanol–water partition coefficient (Wildman–Crippen LogP) is 2.38. The van der Waals surface area contributed by atoms with Crippen LogP contribution in [-0.4, -0.2) is 9.91 Å². The average molecular weight is 224 g/mol. The molecule has 0 radical (unpaired) electrons. The standard InChI is InChI=1S/C9H6ClN3O2/c10-6-2-1-5-4-12-9(11)8(13(14)15)7(5)3-6/h1-4H,(H2,11,12). The van der Waals surface area contributed by atoms with Gasteiger partial charge in [-0.25, -0.2) is 4.98 Å². The highest BCUT2D eigenvalue weighted by Crippen LogP contribution is 2.31. The molecule has 6 heteroatoms. The molecular weight excluding hydrogens is 218 g/mol. The van der Waals surface area contributed by atoms with Gasteiger partial charge in [0.1, 0.15) is 0 Å². The lowest BCUT2D eigenvalue weighted by Gasteiger charge is -2.01. The number of anilines is 1. The molecule has 2 N–H and O–H groups in total. The number of pyridine rings is 1. The SMILES string of the molecule is Nc1ncc2ccc(Cl)cc2c1[N+](=O)[O-]. The van der Waals surface area contributed by atoms with Crippen LogP contribution in [0.2, 0.25) is 5.02 Å². The van der Waals surface area contributed by atoms with Gasteiger partial charge in [0.15, 0.2) is 0 Å². The Labute approximate surface area is 89.6 Å². The lowest BCUT2D eigenvalue weighted by atomic mass is 10.1. The fourth-order valence-electron chi connectivity index (χ4n) is 1.38. The Balaban J connectivity index is 2.90. The third-order valence-corrected chi connectivity index (χ3v) is 2.27. The highest BCUT2D eigenvalue weighted by molar-refractivity contribution is 6.31. The average Bonchev–Trinajstić information content (AvgIpc) is 2.16. The first kappa shape index (κ1) is 9.67. The van der Waals surface area contributed by atoms with E-state index < -0.39 is 4.92 Å². The summed E-state index contributed by atoms with van der Waals surface area (Å²) >= 11 is 5.76. The van der Waals surface area contributed by atoms with E-state index in [0.717, 1.165) is 0 Å². The number of nitro groups is 1. The minimum atomic E-state index is -0.555. The van der Waals surface area contributed by atoms with Gasteiger partial charge in [-0.15, -0.1) is 0 Å². The molecule has 76 valence electrons. The fourth-order valence-corrected chi connectivity index (χ4v) is 1.55. The molecule has 2 aromatic rings. The quantitative estimate of drug-likeness (QED) is 0.594. The highest BCUT2D eigenvalue weighted by Gasteiger charge is 2.17. The van der Waals surface area contributed by atoms with E-state index in [1.54, 1.807) is 12.1 Å². The van der Waals surface area contributed by atoms with Gasteiger partial charge < -0.3 is 5.73 Å². The maximum absolute atomic E-state index is 10.8. The smallest absolute Gasteiger partial charge is 0.318 e. The van der Waals surface area contributed by atoms with E-state index in [0.29, 0.717) is 15.8 Å². The molecule has 0 aliphatic heterocycles. The number of aromatic nitrogens is 1. The molecule has 0 aliphatic carbocycles. The molecule has 0 aliphatic rings. The second-order valence-corrected chi connectivity index (χ2v) is 3.42. The first-order chi connectivity index (χ1) is 7.09. The van der Waals surface area contributed by atoms with Gasteiger partial charge in [0.25, 0.3) is 0 Å². The van der Waals surface area contributed by atoms with Crippen LogP contribution >= 0.6 is 11.6 Å². The van der Waals surface area contributed by atoms with Crippen molar-refractivity contribution < 1.29 is 4.92 Å². The van der Waals surface area contributed by atoms with Crippen molar-refractivity contribution in [2.24, 2.45) is 0 Å². The van der Waals surface area contributed by atoms with Crippen molar-refractivity contribution in [3.63, 3.8) is 0 Å². The molecule has 0 unspecified atom stereocenters. The molecule has 5 nitrogen and oxygen atoms in total. The largest absolute Gasteiger partial charge is 0.378 e. The van der Waals surface area contributed by atoms with Crippen molar-refractivity contribution in [1.82, 2.24) is 4.98 Å². The first-order valence-corrected chi connectivity index (χ1v) is 4.45. The molecule has 1 heterocycles. The van der Waals surface area contributed by atoms with Crippen LogP contribution in [0.15, 0.2) is 24.4 Å². The Morgan fingerprint density at radius 2 is 2.20 bits per heavy atom. The summed E-state index contributed by atoms with van der Waals surface area (Å²) in [5, 5.41) is 12.3. The summed E-state index contributed by atoms with van der Waals surface area (Å²) in [5.74, 6) is -0.102. The molecule has 0 bridgehead atoms. The predicted molar refractivity (Wildman–Crippen MR) is 57.8 cm³/mol. The molecule has 15 heavy (non-hydrogen) atoms. The van der Waals surface area contributed by atoms with Crippen LogP contribution in [-0.2, 0) is 0 Å². The van der Waals surface area contributed by atoms with Crippen LogP contribution < -0.4 is 5.73 Å². The van der Waals surface area contributed by atoms with Crippen LogP contribution in [0, 0.1) is 10.1 Å². The number of nitrogens with two attached hydrogens (primary N) is 1. The first-order valence-electron chi connectivity index (χ1n) is 4.07. The molecule has 1 aromatic carbocycles. The number of fused-ring (bicyclic) bond motifs is 1. The second kappa shape index (κ2) is 3.36. The van der Waals surface area contributed by atoms with Gasteiger partial charge in [-0.1, -0.05) is 17.7 Å². The summed E-state index contributed by atoms with van der Waals surface area (Å²) in [6.07, 6.45) is 1.48. The minimum Gasteiger partial charge on any atom is -0.378 e. The lowest BCUT2D eigenvalue weighted by molar-refractivity contribution is -0.382. The fraction of sp³-hybridized carbons (Fsp3) is 0. The van der Waals surface area contributed by atoms with Gasteiger partial charge in [0, 0.05) is 16.6 Å². The van der Waals surface area contributed by atoms with E-state index in [1.807, 2.05) is 0 Å². The van der Waals surface area contributed by atoms with E-state index in [-0.39, 0.29) is 11.5 Å². The Kier molecular flexibility index (Phi) is 2.17. The van der Waals surface area contributed by atoms with Crippen LogP contribution in [0.4, 0.5) is 11.5 Å². The van der Waals surface area contributed by atoms with Crippen LogP contribution in [0.1, 0.15) is 0 Å². The van der Waals surface area contributed by atoms with Crippen LogP contribution in [0.5, 0.6) is 0 Å². The molecule has 1 aromatic heterocycles. The monoisotopic (exact) mass is 223 g/mol. The molecule has 0 atom stereocenters. The molecule has 0 fully saturated rings. The summed E-state index contributed by atoms with van der Waals surface area (Å²) in [6.45, 7) is 0. The Morgan fingerprint density at radius 1 is 1.47 bits per heavy atom. The molecular formula is C9H6ClN3O2. The zero-order valence-corrected chi connectivity index (χ0v) is 8.23. The van der Waals surface area contributed by atoms with Gasteiger partial charge in [-0.3, -0.25) is 10.1 Å². The summed E-state index contributed by atoms with van der Waals surface area (Å²) in [4.78, 5) is 14.0. The van der Waals surface area contributed by atoms with Crippen molar-refractivity contribution in [1.29, 1.82) is 0 Å². The number of rotatable bonds is 1. The number of benzene rings is 1. The van der Waals surface area contributed by atoms with Crippen molar-refractivity contribution in [2.45, 2.75) is 0 Å². The van der Waals surface area contributed by atoms with Crippen molar-refractivity contribution in [2.75, 3.05) is 5.73 Å². The zero-order chi connectivity index (χ0) is 11.0. The number of hydrogen-bond acceptors (Lipinski definition) is 4. The van der Waals surface area contributed by atoms with E-state index in [1.165, 1.54) is 12.3 Å². The van der Waals surface area contributed by atoms with Crippen molar-refractivity contribution >= 4 is 33.9 Å². The zero-order valence-electron chi connectivity index (χ0n) is 7.48. The van der Waals surface area contributed by atoms with Gasteiger partial charge in [-0.2, -0.15) is 0 Å². The van der Waals surface area contributed by atoms with Gasteiger partial charge in [0.05, 0.1) is 10.3 Å². The number of hydrogen-bond donors (Lipinski definition) is 1. The molecule has 2 rings (SSSR count). The lowest BCUT2D eigenvalue weighted by Crippen LogP contribution is -1.99. The van der Waals surface area contributed by atoms with Crippen LogP contribution in [0.25, 0.3) is 10.8 Å². The number of halogens is 1. The van der Waals surface area contributed by atoms with E-state index in [4.69, 9.17) is 17.3 Å². The summed E-state index contributed by atoms with van der Waals surface area (Å²) in [5.41, 5.74) is 5.24. The van der Waals surface area contributed by atoms with Crippen molar-refractivity contribution in [3.8, 4) is 0 Å². The Morgan fingerprint density at radius 3 is 2.87 bits per heavy atom.